The molecule has 0 aliphatic rings. The summed E-state index contributed by atoms with van der Waals surface area (Å²) in [6.45, 7) is 14.3. The van der Waals surface area contributed by atoms with E-state index in [1.807, 2.05) is 11.3 Å². The van der Waals surface area contributed by atoms with Crippen molar-refractivity contribution in [3.8, 4) is 0 Å². The average Bonchev–Trinajstić information content (AvgIpc) is 2.46. The maximum Gasteiger partial charge on any atom is 0.0979 e. The third-order valence-corrected chi connectivity index (χ3v) is 4.29. The monoisotopic (exact) mass is 240 g/mol. The summed E-state index contributed by atoms with van der Waals surface area (Å²) in [4.78, 5) is 6.06. The first kappa shape index (κ1) is 13.7. The zero-order valence-electron chi connectivity index (χ0n) is 11.3. The Morgan fingerprint density at radius 1 is 1.25 bits per heavy atom. The van der Waals surface area contributed by atoms with Crippen molar-refractivity contribution in [3.05, 3.63) is 15.6 Å². The topological polar surface area (TPSA) is 24.9 Å². The predicted molar refractivity (Wildman–Crippen MR) is 72.3 cm³/mol. The first-order valence-electron chi connectivity index (χ1n) is 6.14. The number of nitrogens with one attached hydrogen (secondary N) is 1. The van der Waals surface area contributed by atoms with Gasteiger partial charge in [-0.2, -0.15) is 0 Å². The number of hydrogen-bond donors (Lipinski definition) is 1. The van der Waals surface area contributed by atoms with Crippen molar-refractivity contribution in [3.63, 3.8) is 0 Å². The third-order valence-electron chi connectivity index (χ3n) is 3.11. The van der Waals surface area contributed by atoms with Gasteiger partial charge in [-0.1, -0.05) is 20.8 Å². The van der Waals surface area contributed by atoms with Crippen LogP contribution in [0.15, 0.2) is 0 Å². The van der Waals surface area contributed by atoms with E-state index in [2.05, 4.69) is 46.9 Å². The third kappa shape index (κ3) is 3.05. The second-order valence-corrected chi connectivity index (χ2v) is 6.04. The molecule has 0 aliphatic carbocycles. The Hall–Kier alpha value is -0.410. The molecule has 3 heteroatoms. The van der Waals surface area contributed by atoms with Crippen LogP contribution in [0.3, 0.4) is 0 Å². The Labute approximate surface area is 103 Å². The second kappa shape index (κ2) is 5.78. The Morgan fingerprint density at radius 3 is 2.25 bits per heavy atom. The van der Waals surface area contributed by atoms with Gasteiger partial charge in [0.05, 0.1) is 10.7 Å². The lowest BCUT2D eigenvalue weighted by Gasteiger charge is -2.26. The van der Waals surface area contributed by atoms with Crippen molar-refractivity contribution in [2.24, 2.45) is 5.92 Å². The summed E-state index contributed by atoms with van der Waals surface area (Å²) in [7, 11) is 0. The van der Waals surface area contributed by atoms with Gasteiger partial charge in [-0.15, -0.1) is 11.3 Å². The molecule has 16 heavy (non-hydrogen) atoms. The number of aryl methyl sites for hydroxylation is 2. The fourth-order valence-electron chi connectivity index (χ4n) is 2.17. The van der Waals surface area contributed by atoms with Crippen molar-refractivity contribution in [1.29, 1.82) is 0 Å². The lowest BCUT2D eigenvalue weighted by atomic mass is 9.90. The van der Waals surface area contributed by atoms with Crippen LogP contribution in [-0.2, 0) is 0 Å². The van der Waals surface area contributed by atoms with E-state index in [1.54, 1.807) is 0 Å². The van der Waals surface area contributed by atoms with E-state index in [4.69, 9.17) is 4.98 Å². The highest BCUT2D eigenvalue weighted by Gasteiger charge is 2.25. The lowest BCUT2D eigenvalue weighted by Crippen LogP contribution is -2.34. The van der Waals surface area contributed by atoms with Crippen LogP contribution in [0.5, 0.6) is 0 Å². The molecule has 2 atom stereocenters. The van der Waals surface area contributed by atoms with Crippen molar-refractivity contribution >= 4 is 11.3 Å². The molecule has 1 N–H and O–H groups in total. The molecule has 1 aromatic heterocycles. The molecule has 0 aromatic carbocycles. The van der Waals surface area contributed by atoms with Crippen LogP contribution in [0.2, 0.25) is 0 Å². The van der Waals surface area contributed by atoms with Crippen molar-refractivity contribution in [2.75, 3.05) is 6.54 Å². The van der Waals surface area contributed by atoms with Gasteiger partial charge >= 0.3 is 0 Å². The molecule has 92 valence electrons. The summed E-state index contributed by atoms with van der Waals surface area (Å²) in [6, 6.07) is 0.495. The molecule has 1 aromatic rings. The molecule has 0 radical (unpaired) electrons. The fourth-order valence-corrected chi connectivity index (χ4v) is 3.47. The van der Waals surface area contributed by atoms with Crippen LogP contribution in [0.25, 0.3) is 0 Å². The largest absolute Gasteiger partial charge is 0.314 e. The summed E-state index contributed by atoms with van der Waals surface area (Å²) >= 11 is 1.85. The number of thiazole rings is 1. The SMILES string of the molecule is CCNC(C)C(c1nc(C)c(C)s1)C(C)C. The molecule has 0 saturated carbocycles. The van der Waals surface area contributed by atoms with Crippen LogP contribution < -0.4 is 5.32 Å². The highest BCUT2D eigenvalue weighted by atomic mass is 32.1. The smallest absolute Gasteiger partial charge is 0.0979 e. The average molecular weight is 240 g/mol. The van der Waals surface area contributed by atoms with E-state index in [9.17, 15) is 0 Å². The molecule has 2 unspecified atom stereocenters. The van der Waals surface area contributed by atoms with E-state index >= 15 is 0 Å². The molecule has 0 amide bonds. The first-order chi connectivity index (χ1) is 7.47. The Morgan fingerprint density at radius 2 is 1.88 bits per heavy atom. The van der Waals surface area contributed by atoms with Gasteiger partial charge in [0.15, 0.2) is 0 Å². The first-order valence-corrected chi connectivity index (χ1v) is 6.96. The molecular formula is C13H24N2S. The normalized spacial score (nSPS) is 15.4. The molecule has 0 aliphatic heterocycles. The summed E-state index contributed by atoms with van der Waals surface area (Å²) in [5.74, 6) is 1.15. The van der Waals surface area contributed by atoms with Crippen LogP contribution >= 0.6 is 11.3 Å². The fraction of sp³-hybridized carbons (Fsp3) is 0.769. The van der Waals surface area contributed by atoms with Gasteiger partial charge in [0, 0.05) is 16.8 Å². The van der Waals surface area contributed by atoms with Crippen molar-refractivity contribution in [1.82, 2.24) is 10.3 Å². The Bertz CT molecular complexity index is 311. The number of likely N-dealkylation sites (N-methyl/N-ethyl adjacent to an activating group) is 1. The zero-order chi connectivity index (χ0) is 12.3. The summed E-state index contributed by atoms with van der Waals surface area (Å²) in [6.07, 6.45) is 0. The molecule has 2 nitrogen and oxygen atoms in total. The van der Waals surface area contributed by atoms with Crippen molar-refractivity contribution in [2.45, 2.75) is 53.5 Å². The molecule has 0 bridgehead atoms. The molecule has 0 fully saturated rings. The van der Waals surface area contributed by atoms with Crippen LogP contribution in [0, 0.1) is 19.8 Å². The number of rotatable bonds is 5. The Kier molecular flexibility index (Phi) is 4.93. The molecular weight excluding hydrogens is 216 g/mol. The quantitative estimate of drug-likeness (QED) is 0.852. The molecule has 1 rings (SSSR count). The number of hydrogen-bond acceptors (Lipinski definition) is 3. The van der Waals surface area contributed by atoms with Gasteiger partial charge in [0.1, 0.15) is 0 Å². The van der Waals surface area contributed by atoms with Gasteiger partial charge in [-0.25, -0.2) is 4.98 Å². The van der Waals surface area contributed by atoms with Gasteiger partial charge in [-0.05, 0) is 33.2 Å². The minimum absolute atomic E-state index is 0.495. The molecule has 0 saturated heterocycles. The van der Waals surface area contributed by atoms with E-state index in [-0.39, 0.29) is 0 Å². The highest BCUT2D eigenvalue weighted by Crippen LogP contribution is 2.32. The molecule has 1 heterocycles. The molecule has 0 spiro atoms. The summed E-state index contributed by atoms with van der Waals surface area (Å²) in [5, 5.41) is 4.81. The maximum atomic E-state index is 4.71. The van der Waals surface area contributed by atoms with E-state index < -0.39 is 0 Å². The number of nitrogens with zero attached hydrogens (tertiary/aromatic N) is 1. The maximum absolute atomic E-state index is 4.71. The van der Waals surface area contributed by atoms with E-state index in [0.29, 0.717) is 17.9 Å². The van der Waals surface area contributed by atoms with Crippen molar-refractivity contribution < 1.29 is 0 Å². The van der Waals surface area contributed by atoms with Gasteiger partial charge < -0.3 is 5.32 Å². The summed E-state index contributed by atoms with van der Waals surface area (Å²) in [5.41, 5.74) is 1.19. The highest BCUT2D eigenvalue weighted by molar-refractivity contribution is 7.11. The standard InChI is InChI=1S/C13H24N2S/c1-7-14-10(5)12(8(2)3)13-15-9(4)11(6)16-13/h8,10,12,14H,7H2,1-6H3. The van der Waals surface area contributed by atoms with Gasteiger partial charge in [0.25, 0.3) is 0 Å². The summed E-state index contributed by atoms with van der Waals surface area (Å²) < 4.78 is 0. The minimum Gasteiger partial charge on any atom is -0.314 e. The second-order valence-electron chi connectivity index (χ2n) is 4.81. The van der Waals surface area contributed by atoms with E-state index in [1.165, 1.54) is 15.6 Å². The Balaban J connectivity index is 2.93. The number of aromatic nitrogens is 1. The van der Waals surface area contributed by atoms with Crippen LogP contribution in [0.1, 0.15) is 49.2 Å². The van der Waals surface area contributed by atoms with Gasteiger partial charge in [0.2, 0.25) is 0 Å². The zero-order valence-corrected chi connectivity index (χ0v) is 12.1. The predicted octanol–water partition coefficient (Wildman–Crippen LogP) is 3.50. The minimum atomic E-state index is 0.495. The van der Waals surface area contributed by atoms with Crippen LogP contribution in [-0.4, -0.2) is 17.6 Å². The van der Waals surface area contributed by atoms with E-state index in [0.717, 1.165) is 6.54 Å². The van der Waals surface area contributed by atoms with Crippen LogP contribution in [0.4, 0.5) is 0 Å². The van der Waals surface area contributed by atoms with Gasteiger partial charge in [-0.3, -0.25) is 0 Å². The lowest BCUT2D eigenvalue weighted by molar-refractivity contribution is 0.381.